The molecule has 0 saturated carbocycles. The first kappa shape index (κ1) is 16.1. The Kier molecular flexibility index (Phi) is 4.30. The number of carbonyl (C=O) groups excluding carboxylic acids is 1. The Bertz CT molecular complexity index is 843. The second-order valence-electron chi connectivity index (χ2n) is 6.17. The van der Waals surface area contributed by atoms with Gasteiger partial charge < -0.3 is 14.3 Å². The van der Waals surface area contributed by atoms with E-state index in [1.54, 1.807) is 6.26 Å². The number of aromatic nitrogens is 1. The van der Waals surface area contributed by atoms with Crippen molar-refractivity contribution in [2.45, 2.75) is 33.7 Å². The molecule has 1 atom stereocenters. The number of hydrogen-bond donors (Lipinski definition) is 1. The van der Waals surface area contributed by atoms with Crippen LogP contribution in [-0.2, 0) is 0 Å². The molecule has 0 bridgehead atoms. The standard InChI is InChI=1S/C20H22N2O2/c1-13-7-9-17(10-8-13)22-14(2)12-18(16(22)4)20(23)21-15(3)19-6-5-11-24-19/h5-12,15H,1-4H3,(H,21,23)/t15-/m0/s1. The highest BCUT2D eigenvalue weighted by Crippen LogP contribution is 2.22. The molecule has 0 spiro atoms. The summed E-state index contributed by atoms with van der Waals surface area (Å²) in [6, 6.07) is 13.7. The number of benzene rings is 1. The summed E-state index contributed by atoms with van der Waals surface area (Å²) in [5.74, 6) is 0.654. The lowest BCUT2D eigenvalue weighted by molar-refractivity contribution is 0.0935. The van der Waals surface area contributed by atoms with Gasteiger partial charge in [0.2, 0.25) is 0 Å². The number of rotatable bonds is 4. The van der Waals surface area contributed by atoms with Gasteiger partial charge >= 0.3 is 0 Å². The minimum absolute atomic E-state index is 0.0923. The van der Waals surface area contributed by atoms with Gasteiger partial charge in [-0.2, -0.15) is 0 Å². The first-order valence-electron chi connectivity index (χ1n) is 8.07. The minimum atomic E-state index is -0.171. The molecule has 4 heteroatoms. The molecule has 4 nitrogen and oxygen atoms in total. The summed E-state index contributed by atoms with van der Waals surface area (Å²) in [6.07, 6.45) is 1.61. The van der Waals surface area contributed by atoms with Crippen molar-refractivity contribution in [1.82, 2.24) is 9.88 Å². The van der Waals surface area contributed by atoms with E-state index in [9.17, 15) is 4.79 Å². The van der Waals surface area contributed by atoms with E-state index in [1.807, 2.05) is 39.0 Å². The van der Waals surface area contributed by atoms with Crippen LogP contribution in [0.25, 0.3) is 5.69 Å². The maximum absolute atomic E-state index is 12.7. The molecule has 0 aliphatic heterocycles. The Morgan fingerprint density at radius 3 is 2.46 bits per heavy atom. The van der Waals surface area contributed by atoms with Gasteiger partial charge in [0, 0.05) is 17.1 Å². The van der Waals surface area contributed by atoms with Gasteiger partial charge in [0.25, 0.3) is 5.91 Å². The monoisotopic (exact) mass is 322 g/mol. The molecule has 1 aromatic carbocycles. The van der Waals surface area contributed by atoms with Crippen molar-refractivity contribution in [1.29, 1.82) is 0 Å². The van der Waals surface area contributed by atoms with Gasteiger partial charge in [-0.15, -0.1) is 0 Å². The topological polar surface area (TPSA) is 47.2 Å². The lowest BCUT2D eigenvalue weighted by atomic mass is 10.2. The highest BCUT2D eigenvalue weighted by Gasteiger charge is 2.19. The van der Waals surface area contributed by atoms with Crippen LogP contribution in [0.2, 0.25) is 0 Å². The van der Waals surface area contributed by atoms with Crippen LogP contribution in [0.15, 0.2) is 53.1 Å². The highest BCUT2D eigenvalue weighted by molar-refractivity contribution is 5.96. The van der Waals surface area contributed by atoms with Crippen molar-refractivity contribution in [2.75, 3.05) is 0 Å². The molecule has 0 fully saturated rings. The average Bonchev–Trinajstić information content (AvgIpc) is 3.17. The van der Waals surface area contributed by atoms with Gasteiger partial charge in [-0.1, -0.05) is 17.7 Å². The van der Waals surface area contributed by atoms with Crippen LogP contribution in [0.4, 0.5) is 0 Å². The third kappa shape index (κ3) is 3.00. The van der Waals surface area contributed by atoms with Crippen molar-refractivity contribution in [2.24, 2.45) is 0 Å². The van der Waals surface area contributed by atoms with Gasteiger partial charge in [-0.25, -0.2) is 0 Å². The van der Waals surface area contributed by atoms with Gasteiger partial charge in [0.15, 0.2) is 0 Å². The number of hydrogen-bond acceptors (Lipinski definition) is 2. The van der Waals surface area contributed by atoms with E-state index in [4.69, 9.17) is 4.42 Å². The SMILES string of the molecule is Cc1ccc(-n2c(C)cc(C(=O)N[C@@H](C)c3ccco3)c2C)cc1. The van der Waals surface area contributed by atoms with E-state index >= 15 is 0 Å². The molecule has 3 aromatic rings. The van der Waals surface area contributed by atoms with E-state index in [2.05, 4.69) is 41.1 Å². The second kappa shape index (κ2) is 6.40. The minimum Gasteiger partial charge on any atom is -0.467 e. The smallest absolute Gasteiger partial charge is 0.253 e. The summed E-state index contributed by atoms with van der Waals surface area (Å²) in [4.78, 5) is 12.7. The Morgan fingerprint density at radius 1 is 1.12 bits per heavy atom. The van der Waals surface area contributed by atoms with Crippen LogP contribution in [0.5, 0.6) is 0 Å². The summed E-state index contributed by atoms with van der Waals surface area (Å²) < 4.78 is 7.45. The van der Waals surface area contributed by atoms with Gasteiger partial charge in [0.1, 0.15) is 5.76 Å². The van der Waals surface area contributed by atoms with E-state index in [-0.39, 0.29) is 11.9 Å². The number of furan rings is 1. The fourth-order valence-corrected chi connectivity index (χ4v) is 2.97. The maximum atomic E-state index is 12.7. The predicted molar refractivity (Wildman–Crippen MR) is 94.6 cm³/mol. The van der Waals surface area contributed by atoms with Crippen molar-refractivity contribution in [3.05, 3.63) is 77.0 Å². The fourth-order valence-electron chi connectivity index (χ4n) is 2.97. The number of nitrogens with zero attached hydrogens (tertiary/aromatic N) is 1. The largest absolute Gasteiger partial charge is 0.467 e. The van der Waals surface area contributed by atoms with Gasteiger partial charge in [0.05, 0.1) is 17.9 Å². The summed E-state index contributed by atoms with van der Waals surface area (Å²) in [7, 11) is 0. The molecular weight excluding hydrogens is 300 g/mol. The van der Waals surface area contributed by atoms with Crippen molar-refractivity contribution >= 4 is 5.91 Å². The predicted octanol–water partition coefficient (Wildman–Crippen LogP) is 4.49. The van der Waals surface area contributed by atoms with Gasteiger partial charge in [-0.05, 0) is 58.0 Å². The second-order valence-corrected chi connectivity index (χ2v) is 6.17. The van der Waals surface area contributed by atoms with Crippen LogP contribution in [0.3, 0.4) is 0 Å². The highest BCUT2D eigenvalue weighted by atomic mass is 16.3. The van der Waals surface area contributed by atoms with Crippen LogP contribution in [0, 0.1) is 20.8 Å². The Labute approximate surface area is 142 Å². The summed E-state index contributed by atoms with van der Waals surface area (Å²) in [5, 5.41) is 2.99. The van der Waals surface area contributed by atoms with E-state index in [0.717, 1.165) is 22.8 Å². The van der Waals surface area contributed by atoms with Crippen LogP contribution in [-0.4, -0.2) is 10.5 Å². The summed E-state index contributed by atoms with van der Waals surface area (Å²) in [5.41, 5.74) is 4.93. The number of aryl methyl sites for hydroxylation is 2. The molecule has 0 aliphatic carbocycles. The van der Waals surface area contributed by atoms with E-state index in [1.165, 1.54) is 5.56 Å². The van der Waals surface area contributed by atoms with Crippen molar-refractivity contribution < 1.29 is 9.21 Å². The number of nitrogens with one attached hydrogen (secondary N) is 1. The van der Waals surface area contributed by atoms with Crippen LogP contribution >= 0.6 is 0 Å². The lowest BCUT2D eigenvalue weighted by Crippen LogP contribution is -2.26. The van der Waals surface area contributed by atoms with Crippen molar-refractivity contribution in [3.8, 4) is 5.69 Å². The molecule has 0 saturated heterocycles. The number of carbonyl (C=O) groups is 1. The lowest BCUT2D eigenvalue weighted by Gasteiger charge is -2.12. The van der Waals surface area contributed by atoms with Gasteiger partial charge in [-0.3, -0.25) is 4.79 Å². The normalized spacial score (nSPS) is 12.2. The molecule has 0 aliphatic rings. The van der Waals surface area contributed by atoms with E-state index < -0.39 is 0 Å². The molecule has 2 aromatic heterocycles. The Hall–Kier alpha value is -2.75. The Morgan fingerprint density at radius 2 is 1.83 bits per heavy atom. The first-order chi connectivity index (χ1) is 11.5. The Balaban J connectivity index is 1.88. The van der Waals surface area contributed by atoms with Crippen LogP contribution in [0.1, 0.15) is 46.0 Å². The average molecular weight is 322 g/mol. The molecule has 0 unspecified atom stereocenters. The molecule has 1 N–H and O–H groups in total. The number of amides is 1. The maximum Gasteiger partial charge on any atom is 0.253 e. The zero-order chi connectivity index (χ0) is 17.3. The van der Waals surface area contributed by atoms with Crippen molar-refractivity contribution in [3.63, 3.8) is 0 Å². The quantitative estimate of drug-likeness (QED) is 0.769. The molecular formula is C20H22N2O2. The third-order valence-electron chi connectivity index (χ3n) is 4.29. The first-order valence-corrected chi connectivity index (χ1v) is 8.07. The zero-order valence-electron chi connectivity index (χ0n) is 14.5. The molecule has 0 radical (unpaired) electrons. The summed E-state index contributed by atoms with van der Waals surface area (Å²) in [6.45, 7) is 7.96. The molecule has 3 rings (SSSR count). The molecule has 2 heterocycles. The zero-order valence-corrected chi connectivity index (χ0v) is 14.5. The molecule has 1 amide bonds. The van der Waals surface area contributed by atoms with E-state index in [0.29, 0.717) is 5.56 Å². The van der Waals surface area contributed by atoms with Crippen LogP contribution < -0.4 is 5.32 Å². The third-order valence-corrected chi connectivity index (χ3v) is 4.29. The fraction of sp³-hybridized carbons (Fsp3) is 0.250. The molecule has 124 valence electrons. The molecule has 24 heavy (non-hydrogen) atoms. The summed E-state index contributed by atoms with van der Waals surface area (Å²) >= 11 is 0.